The molecule has 1 N–H and O–H groups in total. The van der Waals surface area contributed by atoms with Crippen LogP contribution in [0.15, 0.2) is 12.3 Å². The van der Waals surface area contributed by atoms with Crippen LogP contribution in [0.25, 0.3) is 11.0 Å². The van der Waals surface area contributed by atoms with E-state index in [0.29, 0.717) is 5.95 Å². The van der Waals surface area contributed by atoms with Gasteiger partial charge < -0.3 is 9.88 Å². The number of hydrogen-bond acceptors (Lipinski definition) is 5. The standard InChI is InChI=1S/C12H19N5O/c1-5-7-13-12-14-10-9(6-8-16(10)2)11(15-12)17(3)18-4/h6,8H,5,7H2,1-4H3,(H,13,14,15). The Bertz CT molecular complexity index is 536. The molecule has 0 aliphatic carbocycles. The van der Waals surface area contributed by atoms with Crippen molar-refractivity contribution in [3.05, 3.63) is 12.3 Å². The summed E-state index contributed by atoms with van der Waals surface area (Å²) in [4.78, 5) is 14.2. The lowest BCUT2D eigenvalue weighted by molar-refractivity contribution is 0.183. The lowest BCUT2D eigenvalue weighted by atomic mass is 10.4. The van der Waals surface area contributed by atoms with Gasteiger partial charge in [0.25, 0.3) is 0 Å². The summed E-state index contributed by atoms with van der Waals surface area (Å²) < 4.78 is 1.97. The summed E-state index contributed by atoms with van der Waals surface area (Å²) >= 11 is 0. The maximum Gasteiger partial charge on any atom is 0.226 e. The zero-order valence-corrected chi connectivity index (χ0v) is 11.3. The predicted octanol–water partition coefficient (Wildman–Crippen LogP) is 1.79. The Kier molecular flexibility index (Phi) is 3.66. The van der Waals surface area contributed by atoms with Crippen molar-refractivity contribution in [2.75, 3.05) is 31.1 Å². The van der Waals surface area contributed by atoms with E-state index < -0.39 is 0 Å². The van der Waals surface area contributed by atoms with E-state index in [2.05, 4.69) is 22.2 Å². The van der Waals surface area contributed by atoms with Crippen LogP contribution < -0.4 is 10.4 Å². The molecule has 2 aromatic heterocycles. The van der Waals surface area contributed by atoms with Gasteiger partial charge in [0.05, 0.1) is 12.5 Å². The van der Waals surface area contributed by atoms with Gasteiger partial charge in [0, 0.05) is 26.8 Å². The van der Waals surface area contributed by atoms with Crippen LogP contribution in [0.2, 0.25) is 0 Å². The lowest BCUT2D eigenvalue weighted by Gasteiger charge is -2.16. The molecule has 0 radical (unpaired) electrons. The average Bonchev–Trinajstić information content (AvgIpc) is 2.76. The monoisotopic (exact) mass is 249 g/mol. The van der Waals surface area contributed by atoms with E-state index in [-0.39, 0.29) is 0 Å². The molecule has 2 heterocycles. The first kappa shape index (κ1) is 12.6. The summed E-state index contributed by atoms with van der Waals surface area (Å²) in [5, 5.41) is 5.82. The smallest absolute Gasteiger partial charge is 0.226 e. The number of hydroxylamine groups is 1. The highest BCUT2D eigenvalue weighted by Gasteiger charge is 2.13. The molecule has 6 nitrogen and oxygen atoms in total. The van der Waals surface area contributed by atoms with Gasteiger partial charge >= 0.3 is 0 Å². The van der Waals surface area contributed by atoms with Crippen LogP contribution in [-0.4, -0.2) is 35.2 Å². The van der Waals surface area contributed by atoms with Gasteiger partial charge in [0.15, 0.2) is 5.82 Å². The molecule has 0 amide bonds. The van der Waals surface area contributed by atoms with Gasteiger partial charge in [0.1, 0.15) is 5.65 Å². The first-order valence-corrected chi connectivity index (χ1v) is 6.02. The van der Waals surface area contributed by atoms with Crippen LogP contribution >= 0.6 is 0 Å². The van der Waals surface area contributed by atoms with E-state index in [9.17, 15) is 0 Å². The summed E-state index contributed by atoms with van der Waals surface area (Å²) in [6.07, 6.45) is 3.00. The van der Waals surface area contributed by atoms with Crippen molar-refractivity contribution < 1.29 is 4.84 Å². The maximum atomic E-state index is 5.22. The molecule has 0 atom stereocenters. The Hall–Kier alpha value is -1.82. The SMILES string of the molecule is CCCNc1nc(N(C)OC)c2ccn(C)c2n1. The quantitative estimate of drug-likeness (QED) is 0.819. The van der Waals surface area contributed by atoms with E-state index in [1.54, 1.807) is 12.2 Å². The molecule has 0 fully saturated rings. The zero-order valence-electron chi connectivity index (χ0n) is 11.3. The minimum atomic E-state index is 0.630. The first-order valence-electron chi connectivity index (χ1n) is 6.02. The van der Waals surface area contributed by atoms with Crippen LogP contribution in [-0.2, 0) is 11.9 Å². The van der Waals surface area contributed by atoms with Crippen LogP contribution in [0.1, 0.15) is 13.3 Å². The molecule has 0 bridgehead atoms. The molecule has 2 aromatic rings. The second kappa shape index (κ2) is 5.22. The van der Waals surface area contributed by atoms with Gasteiger partial charge in [-0.25, -0.2) is 5.06 Å². The number of anilines is 2. The van der Waals surface area contributed by atoms with Crippen molar-refractivity contribution >= 4 is 22.8 Å². The predicted molar refractivity (Wildman–Crippen MR) is 72.7 cm³/mol. The number of nitrogens with zero attached hydrogens (tertiary/aromatic N) is 4. The number of fused-ring (bicyclic) bond motifs is 1. The Morgan fingerprint density at radius 1 is 1.44 bits per heavy atom. The molecule has 0 unspecified atom stereocenters. The molecule has 0 aliphatic heterocycles. The Labute approximate surface area is 107 Å². The fraction of sp³-hybridized carbons (Fsp3) is 0.500. The zero-order chi connectivity index (χ0) is 13.1. The second-order valence-corrected chi connectivity index (χ2v) is 4.14. The van der Waals surface area contributed by atoms with Crippen molar-refractivity contribution in [1.29, 1.82) is 0 Å². The largest absolute Gasteiger partial charge is 0.354 e. The summed E-state index contributed by atoms with van der Waals surface area (Å²) in [6.45, 7) is 2.96. The molecule has 0 saturated heterocycles. The fourth-order valence-corrected chi connectivity index (χ4v) is 1.76. The number of aromatic nitrogens is 3. The average molecular weight is 249 g/mol. The molecule has 0 aromatic carbocycles. The topological polar surface area (TPSA) is 55.2 Å². The number of hydrogen-bond donors (Lipinski definition) is 1. The highest BCUT2D eigenvalue weighted by molar-refractivity contribution is 5.88. The van der Waals surface area contributed by atoms with Crippen LogP contribution in [0.3, 0.4) is 0 Å². The van der Waals surface area contributed by atoms with Gasteiger partial charge in [-0.1, -0.05) is 6.92 Å². The van der Waals surface area contributed by atoms with E-state index in [1.165, 1.54) is 0 Å². The van der Waals surface area contributed by atoms with Crippen molar-refractivity contribution in [2.45, 2.75) is 13.3 Å². The third kappa shape index (κ3) is 2.24. The van der Waals surface area contributed by atoms with Gasteiger partial charge in [0.2, 0.25) is 5.95 Å². The summed E-state index contributed by atoms with van der Waals surface area (Å²) in [7, 11) is 5.42. The molecule has 18 heavy (non-hydrogen) atoms. The third-order valence-corrected chi connectivity index (χ3v) is 2.81. The first-order chi connectivity index (χ1) is 8.67. The van der Waals surface area contributed by atoms with E-state index in [4.69, 9.17) is 4.84 Å². The van der Waals surface area contributed by atoms with Crippen molar-refractivity contribution in [2.24, 2.45) is 7.05 Å². The minimum Gasteiger partial charge on any atom is -0.354 e. The summed E-state index contributed by atoms with van der Waals surface area (Å²) in [5.41, 5.74) is 0.891. The number of nitrogens with one attached hydrogen (secondary N) is 1. The van der Waals surface area contributed by atoms with Crippen molar-refractivity contribution in [3.8, 4) is 0 Å². The highest BCUT2D eigenvalue weighted by Crippen LogP contribution is 2.25. The van der Waals surface area contributed by atoms with Crippen molar-refractivity contribution in [1.82, 2.24) is 14.5 Å². The molecular weight excluding hydrogens is 230 g/mol. The van der Waals surface area contributed by atoms with E-state index in [1.807, 2.05) is 30.9 Å². The van der Waals surface area contributed by atoms with Crippen LogP contribution in [0.4, 0.5) is 11.8 Å². The molecule has 2 rings (SSSR count). The second-order valence-electron chi connectivity index (χ2n) is 4.14. The normalized spacial score (nSPS) is 10.9. The summed E-state index contributed by atoms with van der Waals surface area (Å²) in [6, 6.07) is 1.99. The van der Waals surface area contributed by atoms with E-state index in [0.717, 1.165) is 29.8 Å². The molecule has 0 aliphatic rings. The van der Waals surface area contributed by atoms with Crippen molar-refractivity contribution in [3.63, 3.8) is 0 Å². The van der Waals surface area contributed by atoms with Crippen LogP contribution in [0, 0.1) is 0 Å². The summed E-state index contributed by atoms with van der Waals surface area (Å²) in [5.74, 6) is 1.40. The van der Waals surface area contributed by atoms with Gasteiger partial charge in [-0.05, 0) is 12.5 Å². The molecule has 0 spiro atoms. The van der Waals surface area contributed by atoms with Crippen LogP contribution in [0.5, 0.6) is 0 Å². The Morgan fingerprint density at radius 2 is 2.22 bits per heavy atom. The van der Waals surface area contributed by atoms with Gasteiger partial charge in [-0.2, -0.15) is 9.97 Å². The molecule has 98 valence electrons. The van der Waals surface area contributed by atoms with E-state index >= 15 is 0 Å². The van der Waals surface area contributed by atoms with Gasteiger partial charge in [-0.15, -0.1) is 0 Å². The third-order valence-electron chi connectivity index (χ3n) is 2.81. The fourth-order valence-electron chi connectivity index (χ4n) is 1.76. The maximum absolute atomic E-state index is 5.22. The number of rotatable bonds is 5. The molecule has 0 saturated carbocycles. The van der Waals surface area contributed by atoms with Gasteiger partial charge in [-0.3, -0.25) is 4.84 Å². The minimum absolute atomic E-state index is 0.630. The highest BCUT2D eigenvalue weighted by atomic mass is 16.7. The lowest BCUT2D eigenvalue weighted by Crippen LogP contribution is -2.18. The molecule has 6 heteroatoms. The Balaban J connectivity index is 2.51. The Morgan fingerprint density at radius 3 is 2.89 bits per heavy atom. The number of aryl methyl sites for hydroxylation is 1. The molecular formula is C12H19N5O.